The molecule has 48 heteroatoms. The van der Waals surface area contributed by atoms with Gasteiger partial charge in [0.1, 0.15) is 29.7 Å². The number of aromatic amines is 3. The van der Waals surface area contributed by atoms with Gasteiger partial charge in [-0.15, -0.1) is 35.1 Å². The molecule has 0 aliphatic rings. The van der Waals surface area contributed by atoms with Crippen LogP contribution < -0.4 is 33.3 Å². The van der Waals surface area contributed by atoms with Crippen molar-refractivity contribution in [2.24, 2.45) is 48.0 Å². The molecule has 13 aromatic rings. The van der Waals surface area contributed by atoms with Crippen molar-refractivity contribution in [2.75, 3.05) is 19.7 Å². The van der Waals surface area contributed by atoms with Gasteiger partial charge in [-0.1, -0.05) is 168 Å². The second-order valence-electron chi connectivity index (χ2n) is 25.9. The van der Waals surface area contributed by atoms with Crippen molar-refractivity contribution in [3.05, 3.63) is 202 Å². The van der Waals surface area contributed by atoms with E-state index in [0.717, 1.165) is 106 Å². The van der Waals surface area contributed by atoms with Crippen LogP contribution in [0, 0.1) is 132 Å². The average molecular weight is 3210 g/mol. The number of aromatic nitrogens is 19. The first kappa shape index (κ1) is 138. The number of ether oxygens (including phenoxy) is 1. The van der Waals surface area contributed by atoms with Crippen LogP contribution in [0.5, 0.6) is 0 Å². The van der Waals surface area contributed by atoms with E-state index in [-0.39, 0.29) is 187 Å². The first-order chi connectivity index (χ1) is 57.2. The van der Waals surface area contributed by atoms with Gasteiger partial charge in [0.25, 0.3) is 5.91 Å². The Morgan fingerprint density at radius 2 is 0.953 bits per heavy atom. The molecule has 695 valence electrons. The average Bonchev–Trinajstić information content (AvgIpc) is 2.27. The van der Waals surface area contributed by atoms with Crippen LogP contribution >= 0.6 is 238 Å². The van der Waals surface area contributed by atoms with E-state index in [1.807, 2.05) is 149 Å². The number of rotatable bonds is 8. The second-order valence-corrected chi connectivity index (χ2v) is 53.9. The van der Waals surface area contributed by atoms with Crippen LogP contribution in [0.4, 0.5) is 5.82 Å². The van der Waals surface area contributed by atoms with E-state index in [1.54, 1.807) is 96.4 Å². The molecular weight excluding hydrogens is 3110 g/mol. The van der Waals surface area contributed by atoms with E-state index in [4.69, 9.17) is 21.8 Å². The van der Waals surface area contributed by atoms with Crippen LogP contribution in [0.2, 0.25) is 0 Å². The number of halogens is 11. The number of aromatic carboxylic acids is 1. The first-order valence-corrected chi connectivity index (χ1v) is 56.2. The Morgan fingerprint density at radius 3 is 1.32 bits per heavy atom. The molecule has 1 amide bonds. The Kier molecular flexibility index (Phi) is 76.1. The summed E-state index contributed by atoms with van der Waals surface area (Å²) in [5.41, 5.74) is 29.1. The van der Waals surface area contributed by atoms with Crippen molar-refractivity contribution in [3.63, 3.8) is 0 Å². The van der Waals surface area contributed by atoms with Gasteiger partial charge in [-0.25, -0.2) is 48.0 Å². The van der Waals surface area contributed by atoms with Gasteiger partial charge in [0.05, 0.1) is 86.8 Å². The van der Waals surface area contributed by atoms with Gasteiger partial charge in [-0.2, -0.15) is 35.9 Å². The summed E-state index contributed by atoms with van der Waals surface area (Å²) in [5.74, 6) is -1.09. The third-order valence-electron chi connectivity index (χ3n) is 16.2. The fourth-order valence-corrected chi connectivity index (χ4v) is 12.4. The number of nitrogens with zero attached hydrogens (tertiary/aromatic N) is 17. The molecule has 0 unspecified atom stereocenters. The number of pyridine rings is 7. The zero-order chi connectivity index (χ0) is 93.8. The van der Waals surface area contributed by atoms with Crippen molar-refractivity contribution < 1.29 is 141 Å². The number of amides is 1. The summed E-state index contributed by atoms with van der Waals surface area (Å²) >= 11 is 23.8. The van der Waals surface area contributed by atoms with E-state index >= 15 is 0 Å². The number of hydrogen-bond donors (Lipinski definition) is 7. The molecule has 13 heterocycles. The van der Waals surface area contributed by atoms with Gasteiger partial charge in [0, 0.05) is 190 Å². The summed E-state index contributed by atoms with van der Waals surface area (Å²) in [6, 6.07) is 18.8. The van der Waals surface area contributed by atoms with Crippen molar-refractivity contribution in [1.29, 1.82) is 5.26 Å². The quantitative estimate of drug-likeness (QED) is 0.0244. The number of nitrogens with two attached hydrogens (primary N) is 2. The minimum atomic E-state index is -0.943. The van der Waals surface area contributed by atoms with Gasteiger partial charge in [-0.05, 0) is 162 Å². The molecule has 0 spiro atoms. The number of carboxylic acid groups (broad SMARTS) is 1. The molecule has 13 aromatic heterocycles. The molecule has 0 saturated heterocycles. The number of fused-ring (bicyclic) bond motifs is 5. The molecule has 0 aliphatic heterocycles. The summed E-state index contributed by atoms with van der Waals surface area (Å²) in [4.78, 5) is 110. The van der Waals surface area contributed by atoms with Crippen molar-refractivity contribution in [1.82, 2.24) is 98.9 Å². The van der Waals surface area contributed by atoms with Gasteiger partial charge in [-0.3, -0.25) is 61.8 Å². The maximum absolute atomic E-state index is 12.7. The molecule has 0 fully saturated rings. The topological polar surface area (TPSA) is 443 Å². The summed E-state index contributed by atoms with van der Waals surface area (Å²) < 4.78 is 17.6. The number of nitriles is 1. The number of hydrogen-bond acceptors (Lipinski definition) is 21. The number of esters is 1. The Labute approximate surface area is 971 Å². The smallest absolute Gasteiger partial charge is 0 e. The monoisotopic (exact) mass is 3210 g/mol. The molecule has 4 radical (unpaired) electrons. The standard InChI is InChI=1S/C18H20N5O2.C10H10N4.C10H11N3O2.C9H10BrN3.C9H11N3O.C8H11N2O.C6H10O3.C5H9N3.CHI3.CH2I2.CH3I.CH2I.CH4.3HI.3V.2Y/c1-9-6-10(2)21-18(25)14(9)8-19-17(24)13-7-11(3)20-16-15(13)12(4)22-23(16)5;1-6-4-8(5-11)9-7(2)13-14(3)10(9)12-6;1-5-4-7(10(14)15)8-6(2)12-13(3)9(8)11-5;1-5-4-7(10)8-6(2)12-13(3)9(8)11-5;1-5-4-7(13)8-6(2)11-12(3)9(8)10-5;1-5-3-6(2)10-8(11)7(5)4-9;1-3-9-6(8)4-5(2)7;1-4-3-5(6)8(2)7-4;2-1(3)4;2-1-3;2*1-2;;;;;;;;;/h7H,8H2,1-5H3,(H,19,24)(H,21,25);4H,1-3H3;4H,1-3H3,(H,14,15);4H,1-3H3;4H,1-3H3,(H,10,13);4,9H2,1-2H3,(H,10,11);3-4H2,1-2H3;3H,6H2,1-2H3;1H;1H2;1H3;1H2;1H4;3*1H;;;;;/q-1;;;;;-1;;;;;;-1;;;;;;;+2;;/p-2. The van der Waals surface area contributed by atoms with Crippen LogP contribution in [-0.2, 0) is 182 Å². The minimum Gasteiger partial charge on any atom is 0 e. The van der Waals surface area contributed by atoms with E-state index < -0.39 is 11.9 Å². The number of carboxylic acids is 1. The number of nitrogen functional groups attached to an aromatic ring is 1. The Hall–Kier alpha value is -0.919. The molecule has 9 N–H and O–H groups in total. The fourth-order valence-electron chi connectivity index (χ4n) is 11.6. The minimum absolute atomic E-state index is 0. The Balaban J connectivity index is -0.000000329. The molecule has 128 heavy (non-hydrogen) atoms. The maximum Gasteiger partial charge on any atom is 0 e. The molecular formula is C80H105BrI10N23O9V3Y2-3. The van der Waals surface area contributed by atoms with Crippen molar-refractivity contribution in [2.45, 2.75) is 145 Å². The zero-order valence-electron chi connectivity index (χ0n) is 74.4. The van der Waals surface area contributed by atoms with Crippen LogP contribution in [0.1, 0.15) is 150 Å². The third-order valence-corrected chi connectivity index (χ3v) is 16.9. The summed E-state index contributed by atoms with van der Waals surface area (Å²) in [6.07, 6.45) is -0.103. The molecule has 32 nitrogen and oxygen atoms in total. The molecule has 13 rings (SSSR count). The van der Waals surface area contributed by atoms with Crippen LogP contribution in [0.3, 0.4) is 0 Å². The van der Waals surface area contributed by atoms with Gasteiger partial charge in [0.15, 0.2) is 39.1 Å². The number of alkyl halides is 6. The first-order valence-electron chi connectivity index (χ1n) is 36.0. The second kappa shape index (κ2) is 70.7. The number of H-pyrrole nitrogens is 3. The number of anilines is 1. The van der Waals surface area contributed by atoms with E-state index in [0.29, 0.717) is 83.3 Å². The van der Waals surface area contributed by atoms with E-state index in [1.165, 1.54) is 9.36 Å². The van der Waals surface area contributed by atoms with Crippen molar-refractivity contribution >= 4 is 323 Å². The fraction of sp³-hybridized carbons (Fsp3) is 0.388. The summed E-state index contributed by atoms with van der Waals surface area (Å²) in [7, 11) is 11.6. The van der Waals surface area contributed by atoms with E-state index in [2.05, 4.69) is 290 Å². The number of nitrogens with one attached hydrogen (secondary N) is 4. The number of Topliss-reactive ketones (excluding diaryl/α,β-unsaturated/α-hetero) is 1. The summed E-state index contributed by atoms with van der Waals surface area (Å²) in [6.45, 7) is 31.6. The molecule has 0 bridgehead atoms. The largest absolute Gasteiger partial charge is 0 e. The number of aryl methyl sites for hydroxylation is 21. The van der Waals surface area contributed by atoms with Crippen molar-refractivity contribution in [3.8, 4) is 6.07 Å². The van der Waals surface area contributed by atoms with Crippen LogP contribution in [0.15, 0.2) is 55.3 Å². The predicted molar refractivity (Wildman–Crippen MR) is 584 cm³/mol. The predicted octanol–water partition coefficient (Wildman–Crippen LogP) is 18.3. The summed E-state index contributed by atoms with van der Waals surface area (Å²) in [5, 5.41) is 50.1. The van der Waals surface area contributed by atoms with Crippen LogP contribution in [0.25, 0.3) is 55.2 Å². The Bertz CT molecular complexity index is 5940. The number of carbonyl (C=O) groups excluding carboxylic acids is 3. The Morgan fingerprint density at radius 1 is 0.594 bits per heavy atom. The van der Waals surface area contributed by atoms with Crippen LogP contribution in [-0.4, -0.2) is 136 Å². The maximum atomic E-state index is 12.7. The zero-order valence-corrected chi connectivity index (χ0v) is 108. The normalized spacial score (nSPS) is 9.53. The molecule has 0 saturated carbocycles. The molecule has 0 aromatic carbocycles. The van der Waals surface area contributed by atoms with E-state index in [9.17, 15) is 33.6 Å². The van der Waals surface area contributed by atoms with Gasteiger partial charge >= 0.3 is 61.4 Å². The molecule has 0 aliphatic carbocycles. The molecule has 0 atom stereocenters. The van der Waals surface area contributed by atoms with Gasteiger partial charge < -0.3 is 64.2 Å². The van der Waals surface area contributed by atoms with Gasteiger partial charge in [0.2, 0.25) is 0 Å². The number of ketones is 1. The third kappa shape index (κ3) is 44.9. The number of carbonyl (C=O) groups is 4. The SMILES string of the molecule is C.CCOC(=O)CC(C)=O.CI.Cc1[c-]c(C)c(CN)c(=O)[nH]1.Cc1cc(=O)c2c(C)nn(C)c2[nH]1.Cc1cc(Br)c2c(C)nn(C)c2n1.Cc1cc(C#N)c2c(C)nn(C)c2n1.Cc1cc(C(=O)NCc2c(C)[c-]c(C)[nH]c2=O)c2c(C)nn(C)c2n1.Cc1cc(C(=O)O)c2c(C)nn(C)c2n1.Cc1cc(N)n(C)n1.I.IC(I)I.ICI.[CH2-]I.[I][V][I].[V].[V].[Y].[Y].